The molecule has 0 aliphatic carbocycles. The largest absolute Gasteiger partial charge is 0.454 e. The van der Waals surface area contributed by atoms with E-state index in [1.54, 1.807) is 6.20 Å². The third-order valence-electron chi connectivity index (χ3n) is 13.3. The normalized spacial score (nSPS) is 11.8. The van der Waals surface area contributed by atoms with E-state index >= 15 is 0 Å². The van der Waals surface area contributed by atoms with Crippen LogP contribution in [0.2, 0.25) is 0 Å². The van der Waals surface area contributed by atoms with Crippen molar-refractivity contribution in [3.8, 4) is 33.5 Å². The molecule has 68 heavy (non-hydrogen) atoms. The lowest BCUT2D eigenvalue weighted by Crippen LogP contribution is -2.10. The third kappa shape index (κ3) is 6.23. The predicted molar refractivity (Wildman–Crippen MR) is 277 cm³/mol. The van der Waals surface area contributed by atoms with E-state index in [0.717, 1.165) is 132 Å². The highest BCUT2D eigenvalue weighted by Crippen LogP contribution is 2.41. The van der Waals surface area contributed by atoms with Crippen LogP contribution in [0.25, 0.3) is 121 Å². The van der Waals surface area contributed by atoms with Gasteiger partial charge in [0.15, 0.2) is 5.58 Å². The standard InChI is InChI=1S/C60H35N7O/c1-2-8-54-52(7-1)53-35-65-66-59(60(53)68-54)38-17-21-49(22-18-38)67(50-23-19-39-27-41(11-13-43(39)31-50)47-29-45-15-9-36-5-3-25-61-55(36)57(45)63-33-47)51-24-20-40-28-42(12-14-44(40)32-51)48-30-46-16-10-37-6-4-26-62-56(37)58(46)64-34-48/h1-35H. The average Bonchev–Trinajstić information content (AvgIpc) is 3.79. The predicted octanol–water partition coefficient (Wildman–Crippen LogP) is 15.3. The number of pyridine rings is 4. The quantitative estimate of drug-likeness (QED) is 0.153. The lowest BCUT2D eigenvalue weighted by Gasteiger charge is -2.26. The van der Waals surface area contributed by atoms with Gasteiger partial charge in [-0.3, -0.25) is 19.9 Å². The summed E-state index contributed by atoms with van der Waals surface area (Å²) in [6.07, 6.45) is 9.34. The van der Waals surface area contributed by atoms with Crippen molar-refractivity contribution < 1.29 is 4.42 Å². The monoisotopic (exact) mass is 869 g/mol. The molecule has 0 unspecified atom stereocenters. The third-order valence-corrected chi connectivity index (χ3v) is 13.3. The zero-order valence-electron chi connectivity index (χ0n) is 36.2. The Hall–Kier alpha value is -9.40. The summed E-state index contributed by atoms with van der Waals surface area (Å²) in [4.78, 5) is 21.3. The number of anilines is 3. The molecular weight excluding hydrogens is 835 g/mol. The van der Waals surface area contributed by atoms with Gasteiger partial charge in [0.25, 0.3) is 0 Å². The Labute approximate surface area is 388 Å². The molecule has 14 rings (SSSR count). The molecule has 0 aliphatic heterocycles. The van der Waals surface area contributed by atoms with E-state index in [-0.39, 0.29) is 0 Å². The summed E-state index contributed by atoms with van der Waals surface area (Å²) in [6.45, 7) is 0. The average molecular weight is 870 g/mol. The molecule has 0 fully saturated rings. The summed E-state index contributed by atoms with van der Waals surface area (Å²) in [5, 5.41) is 19.8. The van der Waals surface area contributed by atoms with E-state index in [0.29, 0.717) is 5.69 Å². The van der Waals surface area contributed by atoms with E-state index in [1.165, 1.54) is 0 Å². The number of fused-ring (bicyclic) bond motifs is 11. The van der Waals surface area contributed by atoms with Gasteiger partial charge < -0.3 is 9.32 Å². The summed E-state index contributed by atoms with van der Waals surface area (Å²) >= 11 is 0. The molecule has 0 aliphatic rings. The van der Waals surface area contributed by atoms with Crippen LogP contribution in [0.15, 0.2) is 217 Å². The van der Waals surface area contributed by atoms with E-state index in [2.05, 4.69) is 177 Å². The molecule has 0 atom stereocenters. The topological polar surface area (TPSA) is 93.7 Å². The Bertz CT molecular complexity index is 4150. The fraction of sp³-hybridized carbons (Fsp3) is 0. The number of aromatic nitrogens is 6. The van der Waals surface area contributed by atoms with Gasteiger partial charge in [0.2, 0.25) is 0 Å². The van der Waals surface area contributed by atoms with Crippen LogP contribution >= 0.6 is 0 Å². The minimum absolute atomic E-state index is 0.707. The zero-order chi connectivity index (χ0) is 44.7. The Morgan fingerprint density at radius 2 is 0.824 bits per heavy atom. The molecular formula is C60H35N7O. The Kier molecular flexibility index (Phi) is 8.41. The number of benzene rings is 8. The second kappa shape index (κ2) is 15.1. The van der Waals surface area contributed by atoms with Gasteiger partial charge in [-0.15, -0.1) is 5.10 Å². The number of hydrogen-bond acceptors (Lipinski definition) is 8. The Morgan fingerprint density at radius 1 is 0.338 bits per heavy atom. The van der Waals surface area contributed by atoms with Crippen LogP contribution in [-0.4, -0.2) is 30.1 Å². The van der Waals surface area contributed by atoms with E-state index < -0.39 is 0 Å². The van der Waals surface area contributed by atoms with Crippen molar-refractivity contribution >= 4 is 104 Å². The summed E-state index contributed by atoms with van der Waals surface area (Å²) in [5.41, 5.74) is 14.2. The van der Waals surface area contributed by atoms with Crippen molar-refractivity contribution in [2.75, 3.05) is 4.90 Å². The van der Waals surface area contributed by atoms with Crippen LogP contribution in [0.5, 0.6) is 0 Å². The van der Waals surface area contributed by atoms with Crippen LogP contribution in [0.4, 0.5) is 17.1 Å². The molecule has 0 radical (unpaired) electrons. The van der Waals surface area contributed by atoms with Gasteiger partial charge >= 0.3 is 0 Å². The molecule has 8 nitrogen and oxygen atoms in total. The van der Waals surface area contributed by atoms with Crippen molar-refractivity contribution in [3.05, 3.63) is 213 Å². The zero-order valence-corrected chi connectivity index (χ0v) is 36.2. The summed E-state index contributed by atoms with van der Waals surface area (Å²) in [6, 6.07) is 64.2. The van der Waals surface area contributed by atoms with Crippen molar-refractivity contribution in [2.45, 2.75) is 0 Å². The molecule has 0 bridgehead atoms. The maximum absolute atomic E-state index is 6.35. The van der Waals surface area contributed by atoms with Gasteiger partial charge in [-0.2, -0.15) is 5.10 Å². The SMILES string of the molecule is c1cnc2c(c1)ccc1cc(-c3ccc4cc(N(c5ccc(-c6nncc7c6oc6ccccc67)cc5)c5ccc6cc(-c7cnc8c(ccc9cccnc98)c7)ccc6c5)ccc4c3)cnc12. The highest BCUT2D eigenvalue weighted by Gasteiger charge is 2.18. The molecule has 8 aromatic carbocycles. The summed E-state index contributed by atoms with van der Waals surface area (Å²) < 4.78 is 6.35. The molecule has 0 saturated heterocycles. The fourth-order valence-electron chi connectivity index (χ4n) is 9.86. The number of furan rings is 1. The van der Waals surface area contributed by atoms with Gasteiger partial charge in [0.1, 0.15) is 11.3 Å². The molecule has 6 aromatic heterocycles. The van der Waals surface area contributed by atoms with Gasteiger partial charge in [-0.05, 0) is 112 Å². The Morgan fingerprint density at radius 3 is 1.44 bits per heavy atom. The fourth-order valence-corrected chi connectivity index (χ4v) is 9.86. The van der Waals surface area contributed by atoms with Crippen molar-refractivity contribution in [1.82, 2.24) is 30.1 Å². The first-order valence-electron chi connectivity index (χ1n) is 22.5. The smallest absolute Gasteiger partial charge is 0.165 e. The van der Waals surface area contributed by atoms with E-state index in [4.69, 9.17) is 14.4 Å². The second-order valence-electron chi connectivity index (χ2n) is 17.3. The Balaban J connectivity index is 0.850. The highest BCUT2D eigenvalue weighted by atomic mass is 16.3. The first kappa shape index (κ1) is 37.9. The molecule has 14 aromatic rings. The van der Waals surface area contributed by atoms with Gasteiger partial charge in [-0.25, -0.2) is 0 Å². The lowest BCUT2D eigenvalue weighted by molar-refractivity contribution is 0.666. The maximum atomic E-state index is 6.35. The number of para-hydroxylation sites is 1. The lowest BCUT2D eigenvalue weighted by atomic mass is 9.99. The molecule has 0 amide bonds. The maximum Gasteiger partial charge on any atom is 0.165 e. The van der Waals surface area contributed by atoms with Gasteiger partial charge in [0.05, 0.1) is 33.6 Å². The molecule has 0 saturated carbocycles. The van der Waals surface area contributed by atoms with Crippen LogP contribution in [0.3, 0.4) is 0 Å². The number of nitrogens with zero attached hydrogens (tertiary/aromatic N) is 7. The first-order chi connectivity index (χ1) is 33.6. The summed E-state index contributed by atoms with van der Waals surface area (Å²) in [7, 11) is 0. The van der Waals surface area contributed by atoms with Crippen molar-refractivity contribution in [2.24, 2.45) is 0 Å². The molecule has 0 spiro atoms. The van der Waals surface area contributed by atoms with Crippen LogP contribution in [0, 0.1) is 0 Å². The molecule has 8 heteroatoms. The van der Waals surface area contributed by atoms with Gasteiger partial charge in [0, 0.05) is 85.5 Å². The van der Waals surface area contributed by atoms with Crippen LogP contribution in [-0.2, 0) is 0 Å². The second-order valence-corrected chi connectivity index (χ2v) is 17.3. The van der Waals surface area contributed by atoms with Crippen LogP contribution < -0.4 is 4.90 Å². The molecule has 316 valence electrons. The minimum Gasteiger partial charge on any atom is -0.454 e. The van der Waals surface area contributed by atoms with Crippen molar-refractivity contribution in [1.29, 1.82) is 0 Å². The minimum atomic E-state index is 0.707. The highest BCUT2D eigenvalue weighted by molar-refractivity contribution is 6.09. The molecule has 0 N–H and O–H groups in total. The van der Waals surface area contributed by atoms with E-state index in [9.17, 15) is 0 Å². The molecule has 6 heterocycles. The van der Waals surface area contributed by atoms with Crippen LogP contribution in [0.1, 0.15) is 0 Å². The summed E-state index contributed by atoms with van der Waals surface area (Å²) in [5.74, 6) is 0. The van der Waals surface area contributed by atoms with Gasteiger partial charge in [-0.1, -0.05) is 103 Å². The van der Waals surface area contributed by atoms with Crippen molar-refractivity contribution in [3.63, 3.8) is 0 Å². The number of rotatable bonds is 6. The first-order valence-corrected chi connectivity index (χ1v) is 22.5. The number of hydrogen-bond donors (Lipinski definition) is 0. The van der Waals surface area contributed by atoms with E-state index in [1.807, 2.05) is 55.1 Å².